The molecule has 0 bridgehead atoms. The highest BCUT2D eigenvalue weighted by atomic mass is 15.0. The highest BCUT2D eigenvalue weighted by molar-refractivity contribution is 5.88. The van der Waals surface area contributed by atoms with Crippen LogP contribution in [0.5, 0.6) is 0 Å². The summed E-state index contributed by atoms with van der Waals surface area (Å²) < 4.78 is 2.20. The average Bonchev–Trinajstić information content (AvgIpc) is 2.77. The van der Waals surface area contributed by atoms with Crippen LogP contribution in [-0.2, 0) is 13.6 Å². The van der Waals surface area contributed by atoms with E-state index in [1.807, 2.05) is 12.3 Å². The van der Waals surface area contributed by atoms with Crippen LogP contribution in [0.1, 0.15) is 11.1 Å². The van der Waals surface area contributed by atoms with Crippen LogP contribution in [-0.4, -0.2) is 9.55 Å². The number of hydrogen-bond acceptors (Lipinski definition) is 2. The van der Waals surface area contributed by atoms with Crippen molar-refractivity contribution in [2.24, 2.45) is 12.8 Å². The fourth-order valence-corrected chi connectivity index (χ4v) is 2.61. The van der Waals surface area contributed by atoms with Gasteiger partial charge in [-0.25, -0.2) is 0 Å². The largest absolute Gasteiger partial charge is 0.342 e. The van der Waals surface area contributed by atoms with E-state index in [1.54, 1.807) is 0 Å². The molecule has 96 valence electrons. The number of benzene rings is 1. The summed E-state index contributed by atoms with van der Waals surface area (Å²) >= 11 is 0. The second-order valence-electron chi connectivity index (χ2n) is 4.85. The minimum atomic E-state index is 0.540. The Hall–Kier alpha value is -2.13. The number of nitrogens with two attached hydrogens (primary N) is 1. The number of pyridine rings is 1. The second-order valence-corrected chi connectivity index (χ2v) is 4.85. The van der Waals surface area contributed by atoms with E-state index in [4.69, 9.17) is 5.73 Å². The van der Waals surface area contributed by atoms with Crippen molar-refractivity contribution in [1.82, 2.24) is 9.55 Å². The average molecular weight is 251 g/mol. The molecule has 0 amide bonds. The van der Waals surface area contributed by atoms with Gasteiger partial charge in [0.1, 0.15) is 0 Å². The van der Waals surface area contributed by atoms with Crippen molar-refractivity contribution < 1.29 is 0 Å². The highest BCUT2D eigenvalue weighted by Crippen LogP contribution is 2.28. The summed E-state index contributed by atoms with van der Waals surface area (Å²) in [5.41, 5.74) is 11.4. The highest BCUT2D eigenvalue weighted by Gasteiger charge is 2.10. The first kappa shape index (κ1) is 11.9. The quantitative estimate of drug-likeness (QED) is 0.761. The van der Waals surface area contributed by atoms with Crippen LogP contribution in [0.3, 0.4) is 0 Å². The van der Waals surface area contributed by atoms with Gasteiger partial charge >= 0.3 is 0 Å². The molecule has 2 aromatic heterocycles. The molecule has 0 unspecified atom stereocenters. The van der Waals surface area contributed by atoms with Gasteiger partial charge in [0.05, 0.1) is 16.9 Å². The van der Waals surface area contributed by atoms with E-state index in [0.717, 1.165) is 17.0 Å². The van der Waals surface area contributed by atoms with E-state index < -0.39 is 0 Å². The molecule has 0 aliphatic carbocycles. The van der Waals surface area contributed by atoms with Crippen LogP contribution in [0.25, 0.3) is 22.3 Å². The van der Waals surface area contributed by atoms with Crippen LogP contribution in [0.2, 0.25) is 0 Å². The van der Waals surface area contributed by atoms with Gasteiger partial charge < -0.3 is 10.3 Å². The predicted molar refractivity (Wildman–Crippen MR) is 78.8 cm³/mol. The van der Waals surface area contributed by atoms with Crippen LogP contribution in [0.15, 0.2) is 42.6 Å². The van der Waals surface area contributed by atoms with E-state index in [1.165, 1.54) is 16.5 Å². The monoisotopic (exact) mass is 251 g/mol. The normalized spacial score (nSPS) is 11.1. The Morgan fingerprint density at radius 2 is 2.05 bits per heavy atom. The van der Waals surface area contributed by atoms with Gasteiger partial charge in [-0.1, -0.05) is 18.2 Å². The summed E-state index contributed by atoms with van der Waals surface area (Å²) in [6.45, 7) is 2.67. The van der Waals surface area contributed by atoms with Gasteiger partial charge in [-0.3, -0.25) is 4.98 Å². The van der Waals surface area contributed by atoms with Gasteiger partial charge in [0.25, 0.3) is 0 Å². The maximum absolute atomic E-state index is 5.70. The molecule has 0 radical (unpaired) electrons. The van der Waals surface area contributed by atoms with Crippen molar-refractivity contribution in [3.63, 3.8) is 0 Å². The molecule has 0 aliphatic rings. The predicted octanol–water partition coefficient (Wildman–Crippen LogP) is 3.01. The van der Waals surface area contributed by atoms with Gasteiger partial charge in [-0.15, -0.1) is 0 Å². The lowest BCUT2D eigenvalue weighted by Gasteiger charge is -2.06. The van der Waals surface area contributed by atoms with Gasteiger partial charge in [0.2, 0.25) is 0 Å². The Kier molecular flexibility index (Phi) is 2.84. The molecule has 2 N–H and O–H groups in total. The molecular formula is C16H17N3. The zero-order valence-electron chi connectivity index (χ0n) is 11.2. The van der Waals surface area contributed by atoms with E-state index in [0.29, 0.717) is 6.54 Å². The van der Waals surface area contributed by atoms with Crippen molar-refractivity contribution in [3.8, 4) is 11.4 Å². The third-order valence-electron chi connectivity index (χ3n) is 3.58. The molecule has 3 rings (SSSR count). The summed E-state index contributed by atoms with van der Waals surface area (Å²) in [7, 11) is 2.08. The van der Waals surface area contributed by atoms with E-state index in [2.05, 4.69) is 53.9 Å². The topological polar surface area (TPSA) is 43.8 Å². The molecule has 3 nitrogen and oxygen atoms in total. The molecule has 0 spiro atoms. The minimum absolute atomic E-state index is 0.540. The number of fused-ring (bicyclic) bond motifs is 1. The molecule has 3 aromatic rings. The number of rotatable bonds is 2. The molecule has 0 saturated carbocycles. The summed E-state index contributed by atoms with van der Waals surface area (Å²) in [4.78, 5) is 4.47. The summed E-state index contributed by atoms with van der Waals surface area (Å²) in [5.74, 6) is 0. The summed E-state index contributed by atoms with van der Waals surface area (Å²) in [6, 6.07) is 12.6. The van der Waals surface area contributed by atoms with Crippen molar-refractivity contribution in [2.45, 2.75) is 13.5 Å². The lowest BCUT2D eigenvalue weighted by atomic mass is 10.1. The van der Waals surface area contributed by atoms with Crippen LogP contribution in [0, 0.1) is 6.92 Å². The number of para-hydroxylation sites is 1. The zero-order valence-corrected chi connectivity index (χ0v) is 11.2. The fourth-order valence-electron chi connectivity index (χ4n) is 2.61. The number of aromatic nitrogens is 2. The van der Waals surface area contributed by atoms with Crippen molar-refractivity contribution >= 4 is 10.9 Å². The molecule has 0 saturated heterocycles. The van der Waals surface area contributed by atoms with Crippen LogP contribution < -0.4 is 5.73 Å². The molecule has 0 aliphatic heterocycles. The Morgan fingerprint density at radius 1 is 1.21 bits per heavy atom. The molecule has 19 heavy (non-hydrogen) atoms. The maximum Gasteiger partial charge on any atom is 0.0869 e. The smallest absolute Gasteiger partial charge is 0.0869 e. The zero-order chi connectivity index (χ0) is 13.4. The van der Waals surface area contributed by atoms with E-state index in [9.17, 15) is 0 Å². The van der Waals surface area contributed by atoms with Crippen molar-refractivity contribution in [2.75, 3.05) is 0 Å². The summed E-state index contributed by atoms with van der Waals surface area (Å²) in [5, 5.41) is 1.25. The first-order valence-corrected chi connectivity index (χ1v) is 6.41. The lowest BCUT2D eigenvalue weighted by Crippen LogP contribution is -1.99. The first-order valence-electron chi connectivity index (χ1n) is 6.41. The Labute approximate surface area is 112 Å². The molecular weight excluding hydrogens is 234 g/mol. The maximum atomic E-state index is 5.70. The Bertz CT molecular complexity index is 741. The van der Waals surface area contributed by atoms with Crippen molar-refractivity contribution in [1.29, 1.82) is 0 Å². The minimum Gasteiger partial charge on any atom is -0.342 e. The SMILES string of the molecule is Cc1cccc2cc(-c3cc(CN)ccn3)n(C)c12. The first-order chi connectivity index (χ1) is 9.20. The third kappa shape index (κ3) is 1.92. The second kappa shape index (κ2) is 4.52. The molecule has 0 fully saturated rings. The van der Waals surface area contributed by atoms with Gasteiger partial charge in [-0.2, -0.15) is 0 Å². The van der Waals surface area contributed by atoms with E-state index >= 15 is 0 Å². The summed E-state index contributed by atoms with van der Waals surface area (Å²) in [6.07, 6.45) is 1.82. The van der Waals surface area contributed by atoms with Gasteiger partial charge in [-0.05, 0) is 36.2 Å². The Balaban J connectivity index is 2.25. The van der Waals surface area contributed by atoms with E-state index in [-0.39, 0.29) is 0 Å². The standard InChI is InChI=1S/C16H17N3/c1-11-4-3-5-13-9-15(19(2)16(11)13)14-8-12(10-17)6-7-18-14/h3-9H,10,17H2,1-2H3. The molecule has 0 atom stereocenters. The fraction of sp³-hybridized carbons (Fsp3) is 0.188. The molecule has 2 heterocycles. The van der Waals surface area contributed by atoms with Crippen LogP contribution >= 0.6 is 0 Å². The molecule has 1 aromatic carbocycles. The third-order valence-corrected chi connectivity index (χ3v) is 3.58. The van der Waals surface area contributed by atoms with Gasteiger partial charge in [0, 0.05) is 25.2 Å². The van der Waals surface area contributed by atoms with Gasteiger partial charge in [0.15, 0.2) is 0 Å². The lowest BCUT2D eigenvalue weighted by molar-refractivity contribution is 0.962. The Morgan fingerprint density at radius 3 is 2.79 bits per heavy atom. The number of nitrogens with zero attached hydrogens (tertiary/aromatic N) is 2. The number of aryl methyl sites for hydroxylation is 2. The van der Waals surface area contributed by atoms with Crippen LogP contribution in [0.4, 0.5) is 0 Å². The number of hydrogen-bond donors (Lipinski definition) is 1. The molecule has 3 heteroatoms. The van der Waals surface area contributed by atoms with Crippen molar-refractivity contribution in [3.05, 3.63) is 53.7 Å².